The number of likely N-dealkylation sites (N-methyl/N-ethyl adjacent to an activating group) is 1. The van der Waals surface area contributed by atoms with Crippen LogP contribution in [0.5, 0.6) is 0 Å². The van der Waals surface area contributed by atoms with Crippen LogP contribution < -0.4 is 10.6 Å². The Morgan fingerprint density at radius 3 is 2.94 bits per heavy atom. The van der Waals surface area contributed by atoms with E-state index < -0.39 is 5.69 Å². The molecule has 1 aromatic carbocycles. The van der Waals surface area contributed by atoms with E-state index in [-0.39, 0.29) is 12.5 Å². The number of hydrogen-bond acceptors (Lipinski definition) is 3. The van der Waals surface area contributed by atoms with Gasteiger partial charge in [0.25, 0.3) is 0 Å². The van der Waals surface area contributed by atoms with Gasteiger partial charge in [-0.1, -0.05) is 11.6 Å². The highest BCUT2D eigenvalue weighted by Gasteiger charge is 2.25. The number of nitrogens with one attached hydrogen (secondary N) is 1. The van der Waals surface area contributed by atoms with Gasteiger partial charge >= 0.3 is 5.69 Å². The van der Waals surface area contributed by atoms with Crippen LogP contribution in [-0.2, 0) is 11.3 Å². The highest BCUT2D eigenvalue weighted by molar-refractivity contribution is 6.31. The molecule has 18 heavy (non-hydrogen) atoms. The van der Waals surface area contributed by atoms with Gasteiger partial charge < -0.3 is 4.90 Å². The summed E-state index contributed by atoms with van der Waals surface area (Å²) < 4.78 is 1.31. The Kier molecular flexibility index (Phi) is 2.27. The quantitative estimate of drug-likeness (QED) is 0.767. The highest BCUT2D eigenvalue weighted by Crippen LogP contribution is 2.33. The van der Waals surface area contributed by atoms with Gasteiger partial charge in [0.05, 0.1) is 5.69 Å². The molecule has 3 rings (SSSR count). The fourth-order valence-corrected chi connectivity index (χ4v) is 2.20. The van der Waals surface area contributed by atoms with Gasteiger partial charge in [-0.3, -0.25) is 9.36 Å². The second-order valence-electron chi connectivity index (χ2n) is 4.05. The first-order chi connectivity index (χ1) is 8.58. The zero-order valence-electron chi connectivity index (χ0n) is 9.48. The van der Waals surface area contributed by atoms with Crippen molar-refractivity contribution in [3.05, 3.63) is 33.7 Å². The van der Waals surface area contributed by atoms with E-state index in [1.54, 1.807) is 25.2 Å². The molecule has 0 bridgehead atoms. The van der Waals surface area contributed by atoms with Crippen LogP contribution in [-0.4, -0.2) is 27.7 Å². The molecule has 0 spiro atoms. The van der Waals surface area contributed by atoms with Gasteiger partial charge in [-0.05, 0) is 18.2 Å². The van der Waals surface area contributed by atoms with E-state index in [9.17, 15) is 9.59 Å². The lowest BCUT2D eigenvalue weighted by molar-refractivity contribution is -0.118. The summed E-state index contributed by atoms with van der Waals surface area (Å²) in [5.41, 5.74) is 0.941. The predicted octanol–water partition coefficient (Wildman–Crippen LogP) is 0.868. The average molecular weight is 265 g/mol. The molecule has 1 amide bonds. The Bertz CT molecular complexity index is 703. The maximum atomic E-state index is 12.0. The molecule has 0 radical (unpaired) electrons. The number of rotatable bonds is 0. The maximum absolute atomic E-state index is 12.0. The van der Waals surface area contributed by atoms with Crippen LogP contribution in [0.15, 0.2) is 23.0 Å². The number of halogens is 1. The molecule has 6 nitrogen and oxygen atoms in total. The lowest BCUT2D eigenvalue weighted by Gasteiger charge is -2.16. The number of benzene rings is 1. The smallest absolute Gasteiger partial charge is 0.313 e. The number of hydrogen-bond donors (Lipinski definition) is 1. The summed E-state index contributed by atoms with van der Waals surface area (Å²) in [7, 11) is 1.66. The molecule has 1 aromatic heterocycles. The number of amides is 1. The van der Waals surface area contributed by atoms with E-state index in [4.69, 9.17) is 11.6 Å². The fraction of sp³-hybridized carbons (Fsp3) is 0.182. The summed E-state index contributed by atoms with van der Waals surface area (Å²) in [6.07, 6.45) is 0. The molecule has 7 heteroatoms. The summed E-state index contributed by atoms with van der Waals surface area (Å²) in [5, 5.41) is 6.83. The van der Waals surface area contributed by atoms with E-state index in [1.807, 2.05) is 0 Å². The third kappa shape index (κ3) is 1.46. The summed E-state index contributed by atoms with van der Waals surface area (Å²) in [5.74, 6) is 0.246. The molecular formula is C11H9ClN4O2. The molecule has 1 N–H and O–H groups in total. The van der Waals surface area contributed by atoms with Crippen molar-refractivity contribution >= 4 is 23.2 Å². The third-order valence-corrected chi connectivity index (χ3v) is 3.22. The van der Waals surface area contributed by atoms with E-state index >= 15 is 0 Å². The van der Waals surface area contributed by atoms with E-state index in [2.05, 4.69) is 10.2 Å². The lowest BCUT2D eigenvalue weighted by atomic mass is 10.1. The molecule has 1 aliphatic heterocycles. The van der Waals surface area contributed by atoms with Gasteiger partial charge in [-0.2, -0.15) is 5.10 Å². The van der Waals surface area contributed by atoms with Crippen LogP contribution >= 0.6 is 11.6 Å². The molecule has 2 aromatic rings. The SMILES string of the molecule is CN1C(=O)Cn2c(n[nH]c2=O)-c2cc(Cl)ccc21. The minimum absolute atomic E-state index is 0.0343. The minimum atomic E-state index is -0.403. The average Bonchev–Trinajstić information content (AvgIpc) is 2.65. The van der Waals surface area contributed by atoms with Crippen LogP contribution in [0.3, 0.4) is 0 Å². The Morgan fingerprint density at radius 1 is 1.39 bits per heavy atom. The van der Waals surface area contributed by atoms with E-state index in [1.165, 1.54) is 9.47 Å². The number of nitrogens with zero attached hydrogens (tertiary/aromatic N) is 3. The molecule has 92 valence electrons. The fourth-order valence-electron chi connectivity index (χ4n) is 2.03. The lowest BCUT2D eigenvalue weighted by Crippen LogP contribution is -2.31. The summed E-state index contributed by atoms with van der Waals surface area (Å²) >= 11 is 5.96. The van der Waals surface area contributed by atoms with Crippen molar-refractivity contribution in [2.45, 2.75) is 6.54 Å². The highest BCUT2D eigenvalue weighted by atomic mass is 35.5. The minimum Gasteiger partial charge on any atom is -0.313 e. The Morgan fingerprint density at radius 2 is 2.17 bits per heavy atom. The van der Waals surface area contributed by atoms with Crippen LogP contribution in [0.2, 0.25) is 5.02 Å². The Labute approximate surface area is 107 Å². The zero-order valence-corrected chi connectivity index (χ0v) is 10.2. The van der Waals surface area contributed by atoms with Gasteiger partial charge in [-0.25, -0.2) is 9.89 Å². The maximum Gasteiger partial charge on any atom is 0.344 e. The monoisotopic (exact) mass is 264 g/mol. The van der Waals surface area contributed by atoms with E-state index in [0.717, 1.165) is 0 Å². The van der Waals surface area contributed by atoms with Crippen LogP contribution in [0.4, 0.5) is 5.69 Å². The van der Waals surface area contributed by atoms with Crippen molar-refractivity contribution in [1.29, 1.82) is 0 Å². The normalized spacial score (nSPS) is 14.1. The van der Waals surface area contributed by atoms with Gasteiger partial charge in [0.15, 0.2) is 5.82 Å². The standard InChI is InChI=1S/C11H9ClN4O2/c1-15-8-3-2-6(12)4-7(8)10-13-14-11(18)16(10)5-9(15)17/h2-4H,5H2,1H3,(H,14,18). The molecule has 0 saturated carbocycles. The number of aromatic nitrogens is 3. The van der Waals surface area contributed by atoms with Gasteiger partial charge in [0.1, 0.15) is 6.54 Å². The molecular weight excluding hydrogens is 256 g/mol. The number of anilines is 1. The van der Waals surface area contributed by atoms with Crippen LogP contribution in [0.1, 0.15) is 0 Å². The number of aromatic amines is 1. The number of carbonyl (C=O) groups is 1. The second-order valence-corrected chi connectivity index (χ2v) is 4.49. The van der Waals surface area contributed by atoms with Crippen molar-refractivity contribution in [3.8, 4) is 11.4 Å². The molecule has 2 heterocycles. The predicted molar refractivity (Wildman–Crippen MR) is 66.7 cm³/mol. The van der Waals surface area contributed by atoms with Crippen molar-refractivity contribution in [2.24, 2.45) is 0 Å². The summed E-state index contributed by atoms with van der Waals surface area (Å²) in [6, 6.07) is 5.13. The van der Waals surface area contributed by atoms with Crippen molar-refractivity contribution in [1.82, 2.24) is 14.8 Å². The molecule has 0 atom stereocenters. The topological polar surface area (TPSA) is 71.0 Å². The molecule has 1 aliphatic rings. The Balaban J connectivity index is 2.38. The first-order valence-electron chi connectivity index (χ1n) is 5.29. The number of carbonyl (C=O) groups excluding carboxylic acids is 1. The third-order valence-electron chi connectivity index (χ3n) is 2.99. The van der Waals surface area contributed by atoms with E-state index in [0.29, 0.717) is 22.1 Å². The van der Waals surface area contributed by atoms with Crippen LogP contribution in [0.25, 0.3) is 11.4 Å². The van der Waals surface area contributed by atoms with Gasteiger partial charge in [0.2, 0.25) is 5.91 Å². The molecule has 0 aliphatic carbocycles. The first-order valence-corrected chi connectivity index (χ1v) is 5.67. The second kappa shape index (κ2) is 3.71. The van der Waals surface area contributed by atoms with Crippen molar-refractivity contribution in [2.75, 3.05) is 11.9 Å². The van der Waals surface area contributed by atoms with Gasteiger partial charge in [0, 0.05) is 17.6 Å². The summed E-state index contributed by atoms with van der Waals surface area (Å²) in [6.45, 7) is -0.0343. The Hall–Kier alpha value is -2.08. The molecule has 0 fully saturated rings. The largest absolute Gasteiger partial charge is 0.344 e. The number of H-pyrrole nitrogens is 1. The molecule has 0 saturated heterocycles. The number of fused-ring (bicyclic) bond motifs is 3. The molecule has 0 unspecified atom stereocenters. The van der Waals surface area contributed by atoms with Crippen LogP contribution in [0, 0.1) is 0 Å². The first kappa shape index (κ1) is 11.0. The zero-order chi connectivity index (χ0) is 12.9. The van der Waals surface area contributed by atoms with Crippen molar-refractivity contribution < 1.29 is 4.79 Å². The van der Waals surface area contributed by atoms with Crippen molar-refractivity contribution in [3.63, 3.8) is 0 Å². The van der Waals surface area contributed by atoms with Gasteiger partial charge in [-0.15, -0.1) is 0 Å². The summed E-state index contributed by atoms with van der Waals surface area (Å²) in [4.78, 5) is 25.1.